The maximum Gasteiger partial charge on any atom is 0.435 e. The molecule has 0 saturated heterocycles. The van der Waals surface area contributed by atoms with Crippen LogP contribution in [0.2, 0.25) is 0 Å². The van der Waals surface area contributed by atoms with Gasteiger partial charge in [0.25, 0.3) is 0 Å². The molecule has 1 heterocycles. The molecule has 0 fully saturated rings. The van der Waals surface area contributed by atoms with Gasteiger partial charge in [0.15, 0.2) is 11.5 Å². The molecule has 0 spiro atoms. The highest BCUT2D eigenvalue weighted by Gasteiger charge is 2.42. The Labute approximate surface area is 119 Å². The highest BCUT2D eigenvalue weighted by Crippen LogP contribution is 2.35. The van der Waals surface area contributed by atoms with E-state index in [0.29, 0.717) is 18.5 Å². The number of hydrogen-bond donors (Lipinski definition) is 0. The van der Waals surface area contributed by atoms with E-state index in [2.05, 4.69) is 5.10 Å². The topological polar surface area (TPSA) is 34.9 Å². The van der Waals surface area contributed by atoms with Crippen LogP contribution in [0, 0.1) is 0 Å². The Bertz CT molecular complexity index is 674. The zero-order chi connectivity index (χ0) is 15.0. The zero-order valence-corrected chi connectivity index (χ0v) is 11.2. The predicted octanol–water partition coefficient (Wildman–Crippen LogP) is 3.47. The molecule has 1 aromatic heterocycles. The smallest absolute Gasteiger partial charge is 0.294 e. The molecule has 0 bridgehead atoms. The summed E-state index contributed by atoms with van der Waals surface area (Å²) < 4.78 is 40.5. The van der Waals surface area contributed by atoms with Crippen molar-refractivity contribution in [2.75, 3.05) is 0 Å². The number of ketones is 1. The van der Waals surface area contributed by atoms with Crippen LogP contribution in [0.3, 0.4) is 0 Å². The molecule has 6 heteroatoms. The second kappa shape index (κ2) is 5.02. The zero-order valence-electron chi connectivity index (χ0n) is 11.2. The number of benzene rings is 1. The number of carbonyl (C=O) groups excluding carboxylic acids is 1. The van der Waals surface area contributed by atoms with Gasteiger partial charge >= 0.3 is 6.18 Å². The van der Waals surface area contributed by atoms with Crippen molar-refractivity contribution >= 4 is 5.78 Å². The third-order valence-electron chi connectivity index (χ3n) is 3.60. The number of carbonyl (C=O) groups is 1. The molecule has 3 nitrogen and oxygen atoms in total. The molecule has 0 N–H and O–H groups in total. The quantitative estimate of drug-likeness (QED) is 0.850. The van der Waals surface area contributed by atoms with E-state index in [-0.39, 0.29) is 18.5 Å². The van der Waals surface area contributed by atoms with Crippen LogP contribution < -0.4 is 0 Å². The molecule has 1 aliphatic carbocycles. The SMILES string of the molecule is O=C1CCCc2c1c(C(F)(F)F)nn2Cc1ccccc1. The Balaban J connectivity index is 2.08. The first-order chi connectivity index (χ1) is 9.97. The molecule has 0 amide bonds. The Kier molecular flexibility index (Phi) is 3.31. The van der Waals surface area contributed by atoms with Crippen molar-refractivity contribution in [1.29, 1.82) is 0 Å². The first-order valence-corrected chi connectivity index (χ1v) is 6.71. The van der Waals surface area contributed by atoms with Gasteiger partial charge in [-0.2, -0.15) is 18.3 Å². The summed E-state index contributed by atoms with van der Waals surface area (Å²) in [5.74, 6) is -0.456. The molecule has 0 radical (unpaired) electrons. The van der Waals surface area contributed by atoms with Gasteiger partial charge in [0.2, 0.25) is 0 Å². The normalized spacial score (nSPS) is 15.1. The number of aromatic nitrogens is 2. The van der Waals surface area contributed by atoms with Crippen LogP contribution in [0.1, 0.15) is 40.2 Å². The first-order valence-electron chi connectivity index (χ1n) is 6.71. The molecule has 2 aromatic rings. The molecule has 3 rings (SSSR count). The Hall–Kier alpha value is -2.11. The number of rotatable bonds is 2. The minimum absolute atomic E-state index is 0.160. The summed E-state index contributed by atoms with van der Waals surface area (Å²) in [5, 5.41) is 3.68. The van der Waals surface area contributed by atoms with E-state index in [1.165, 1.54) is 4.68 Å². The minimum Gasteiger partial charge on any atom is -0.294 e. The van der Waals surface area contributed by atoms with Gasteiger partial charge in [-0.15, -0.1) is 0 Å². The summed E-state index contributed by atoms with van der Waals surface area (Å²) in [6.45, 7) is 0.243. The van der Waals surface area contributed by atoms with Crippen molar-refractivity contribution in [3.05, 3.63) is 52.8 Å². The van der Waals surface area contributed by atoms with E-state index in [1.807, 2.05) is 30.3 Å². The first kappa shape index (κ1) is 13.9. The Morgan fingerprint density at radius 2 is 1.86 bits per heavy atom. The van der Waals surface area contributed by atoms with Crippen LogP contribution >= 0.6 is 0 Å². The Morgan fingerprint density at radius 1 is 1.14 bits per heavy atom. The summed E-state index contributed by atoms with van der Waals surface area (Å²) >= 11 is 0. The van der Waals surface area contributed by atoms with E-state index in [9.17, 15) is 18.0 Å². The number of fused-ring (bicyclic) bond motifs is 1. The number of alkyl halides is 3. The number of Topliss-reactive ketones (excluding diaryl/α,β-unsaturated/α-hetero) is 1. The minimum atomic E-state index is -4.60. The van der Waals surface area contributed by atoms with Gasteiger partial charge in [0.1, 0.15) is 0 Å². The third-order valence-corrected chi connectivity index (χ3v) is 3.60. The molecule has 21 heavy (non-hydrogen) atoms. The van der Waals surface area contributed by atoms with Crippen molar-refractivity contribution < 1.29 is 18.0 Å². The van der Waals surface area contributed by atoms with Gasteiger partial charge in [-0.1, -0.05) is 30.3 Å². The number of hydrogen-bond acceptors (Lipinski definition) is 2. The van der Waals surface area contributed by atoms with Crippen LogP contribution in [0.4, 0.5) is 13.2 Å². The lowest BCUT2D eigenvalue weighted by Gasteiger charge is -2.14. The molecule has 1 aromatic carbocycles. The second-order valence-electron chi connectivity index (χ2n) is 5.09. The fourth-order valence-corrected chi connectivity index (χ4v) is 2.67. The summed E-state index contributed by atoms with van der Waals surface area (Å²) in [6.07, 6.45) is -3.41. The fraction of sp³-hybridized carbons (Fsp3) is 0.333. The Morgan fingerprint density at radius 3 is 2.52 bits per heavy atom. The van der Waals surface area contributed by atoms with Gasteiger partial charge < -0.3 is 0 Å². The lowest BCUT2D eigenvalue weighted by molar-refractivity contribution is -0.141. The summed E-state index contributed by atoms with van der Waals surface area (Å²) in [6, 6.07) is 9.13. The van der Waals surface area contributed by atoms with Crippen molar-refractivity contribution in [2.24, 2.45) is 0 Å². The van der Waals surface area contributed by atoms with E-state index >= 15 is 0 Å². The second-order valence-corrected chi connectivity index (χ2v) is 5.09. The standard InChI is InChI=1S/C15H13F3N2O/c16-15(17,18)14-13-11(7-4-8-12(13)21)20(19-14)9-10-5-2-1-3-6-10/h1-3,5-6H,4,7-9H2. The van der Waals surface area contributed by atoms with Crippen molar-refractivity contribution in [2.45, 2.75) is 32.0 Å². The fourth-order valence-electron chi connectivity index (χ4n) is 2.67. The van der Waals surface area contributed by atoms with Gasteiger partial charge in [-0.05, 0) is 18.4 Å². The molecule has 0 saturated carbocycles. The molecular formula is C15H13F3N2O. The molecule has 1 aliphatic rings. The summed E-state index contributed by atoms with van der Waals surface area (Å²) in [5.41, 5.74) is -0.0141. The number of halogens is 3. The van der Waals surface area contributed by atoms with Gasteiger partial charge in [-0.3, -0.25) is 9.48 Å². The summed E-state index contributed by atoms with van der Waals surface area (Å²) in [4.78, 5) is 11.9. The lowest BCUT2D eigenvalue weighted by atomic mass is 9.94. The van der Waals surface area contributed by atoms with Gasteiger partial charge in [0, 0.05) is 6.42 Å². The predicted molar refractivity (Wildman–Crippen MR) is 70.0 cm³/mol. The third kappa shape index (κ3) is 2.57. The monoisotopic (exact) mass is 294 g/mol. The van der Waals surface area contributed by atoms with Crippen molar-refractivity contribution in [1.82, 2.24) is 9.78 Å². The largest absolute Gasteiger partial charge is 0.435 e. The van der Waals surface area contributed by atoms with E-state index < -0.39 is 17.7 Å². The maximum atomic E-state index is 13.1. The average Bonchev–Trinajstić information content (AvgIpc) is 2.80. The molecule has 0 unspecified atom stereocenters. The van der Waals surface area contributed by atoms with Gasteiger partial charge in [0.05, 0.1) is 17.8 Å². The number of nitrogens with zero attached hydrogens (tertiary/aromatic N) is 2. The van der Waals surface area contributed by atoms with Crippen LogP contribution in [0.5, 0.6) is 0 Å². The highest BCUT2D eigenvalue weighted by molar-refractivity contribution is 5.99. The van der Waals surface area contributed by atoms with E-state index in [4.69, 9.17) is 0 Å². The van der Waals surface area contributed by atoms with Crippen LogP contribution in [-0.2, 0) is 19.1 Å². The van der Waals surface area contributed by atoms with E-state index in [1.54, 1.807) is 0 Å². The van der Waals surface area contributed by atoms with E-state index in [0.717, 1.165) is 5.56 Å². The molecule has 0 atom stereocenters. The average molecular weight is 294 g/mol. The highest BCUT2D eigenvalue weighted by atomic mass is 19.4. The van der Waals surface area contributed by atoms with Crippen molar-refractivity contribution in [3.63, 3.8) is 0 Å². The van der Waals surface area contributed by atoms with Crippen LogP contribution in [0.25, 0.3) is 0 Å². The molecular weight excluding hydrogens is 281 g/mol. The maximum absolute atomic E-state index is 13.1. The summed E-state index contributed by atoms with van der Waals surface area (Å²) in [7, 11) is 0. The molecule has 110 valence electrons. The van der Waals surface area contributed by atoms with Gasteiger partial charge in [-0.25, -0.2) is 0 Å². The van der Waals surface area contributed by atoms with Crippen molar-refractivity contribution in [3.8, 4) is 0 Å². The lowest BCUT2D eigenvalue weighted by Crippen LogP contribution is -2.16. The molecule has 0 aliphatic heterocycles. The van der Waals surface area contributed by atoms with Crippen LogP contribution in [-0.4, -0.2) is 15.6 Å². The van der Waals surface area contributed by atoms with Crippen LogP contribution in [0.15, 0.2) is 30.3 Å².